The summed E-state index contributed by atoms with van der Waals surface area (Å²) >= 11 is 6.74. The van der Waals surface area contributed by atoms with Crippen molar-refractivity contribution in [2.45, 2.75) is 6.92 Å². The number of thiophene rings is 1. The Hall–Kier alpha value is -2.82. The molecule has 0 aliphatic carbocycles. The van der Waals surface area contributed by atoms with E-state index in [1.54, 1.807) is 29.3 Å². The summed E-state index contributed by atoms with van der Waals surface area (Å²) in [6.07, 6.45) is 2.85. The third-order valence-corrected chi connectivity index (χ3v) is 6.65. The highest BCUT2D eigenvalue weighted by atomic mass is 32.2. The van der Waals surface area contributed by atoms with Gasteiger partial charge in [0, 0.05) is 24.4 Å². The number of H-pyrrole nitrogens is 1. The molecule has 0 aromatic carbocycles. The molecule has 34 heavy (non-hydrogen) atoms. The van der Waals surface area contributed by atoms with Crippen molar-refractivity contribution in [1.29, 1.82) is 0 Å². The van der Waals surface area contributed by atoms with Crippen LogP contribution in [0.4, 0.5) is 10.8 Å². The molecule has 0 atom stereocenters. The number of nitrogens with zero attached hydrogens (tertiary/aromatic N) is 4. The van der Waals surface area contributed by atoms with Gasteiger partial charge in [0.05, 0.1) is 19.8 Å². The molecule has 2 aliphatic heterocycles. The predicted octanol–water partition coefficient (Wildman–Crippen LogP) is 0.849. The first kappa shape index (κ1) is 24.3. The van der Waals surface area contributed by atoms with Crippen molar-refractivity contribution in [1.82, 2.24) is 15.1 Å². The molecule has 2 aliphatic rings. The zero-order chi connectivity index (χ0) is 24.5. The van der Waals surface area contributed by atoms with Crippen LogP contribution in [0.25, 0.3) is 0 Å². The molecule has 182 valence electrons. The van der Waals surface area contributed by atoms with E-state index in [1.807, 2.05) is 0 Å². The molecule has 2 N–H and O–H groups in total. The van der Waals surface area contributed by atoms with Gasteiger partial charge in [0.15, 0.2) is 16.7 Å². The van der Waals surface area contributed by atoms with Crippen LogP contribution in [0.15, 0.2) is 41.2 Å². The number of anilines is 2. The van der Waals surface area contributed by atoms with Crippen molar-refractivity contribution in [3.8, 4) is 5.75 Å². The smallest absolute Gasteiger partial charge is 0.282 e. The molecule has 4 heterocycles. The number of fused-ring (bicyclic) bond motifs is 1. The molecule has 1 saturated heterocycles. The quantitative estimate of drug-likeness (QED) is 0.207. The minimum Gasteiger partial charge on any atom is -0.747 e. The van der Waals surface area contributed by atoms with Crippen LogP contribution in [0, 0.1) is 6.92 Å². The molecule has 2 aromatic heterocycles. The van der Waals surface area contributed by atoms with Gasteiger partial charge in [0.1, 0.15) is 26.7 Å². The average molecular weight is 527 g/mol. The summed E-state index contributed by atoms with van der Waals surface area (Å²) in [6.45, 7) is 2.18. The molecule has 0 saturated carbocycles. The number of carbonyl (C=O) groups is 1. The summed E-state index contributed by atoms with van der Waals surface area (Å²) in [6, 6.07) is 3.33. The van der Waals surface area contributed by atoms with E-state index in [-0.39, 0.29) is 43.1 Å². The largest absolute Gasteiger partial charge is 0.747 e. The second kappa shape index (κ2) is 9.81. The summed E-state index contributed by atoms with van der Waals surface area (Å²) in [4.78, 5) is 17.3. The minimum atomic E-state index is -4.60. The Balaban J connectivity index is 1.66. The molecule has 4 rings (SSSR count). The van der Waals surface area contributed by atoms with Crippen molar-refractivity contribution in [3.63, 3.8) is 0 Å². The van der Waals surface area contributed by atoms with Crippen molar-refractivity contribution < 1.29 is 32.3 Å². The lowest BCUT2D eigenvalue weighted by Crippen LogP contribution is -2.34. The van der Waals surface area contributed by atoms with Crippen molar-refractivity contribution in [3.05, 3.63) is 46.9 Å². The highest BCUT2D eigenvalue weighted by Gasteiger charge is 2.40. The fraction of sp³-hybridized carbons (Fsp3) is 0.316. The van der Waals surface area contributed by atoms with Crippen molar-refractivity contribution in [2.24, 2.45) is 0 Å². The summed E-state index contributed by atoms with van der Waals surface area (Å²) in [5.41, 5.74) is 0.914. The molecular weight excluding hydrogens is 506 g/mol. The third kappa shape index (κ3) is 4.98. The van der Waals surface area contributed by atoms with Crippen LogP contribution in [0.5, 0.6) is 5.75 Å². The number of aromatic nitrogens is 2. The maximum Gasteiger partial charge on any atom is 0.282 e. The normalized spacial score (nSPS) is 18.5. The zero-order valence-electron chi connectivity index (χ0n) is 17.8. The number of hydrogen-bond donors (Lipinski definition) is 2. The number of amides is 1. The molecule has 12 nitrogen and oxygen atoms in total. The first-order valence-electron chi connectivity index (χ1n) is 9.94. The minimum absolute atomic E-state index is 0.0815. The van der Waals surface area contributed by atoms with E-state index in [0.717, 1.165) is 5.69 Å². The van der Waals surface area contributed by atoms with E-state index < -0.39 is 21.9 Å². The second-order valence-electron chi connectivity index (χ2n) is 7.18. The first-order valence-corrected chi connectivity index (χ1v) is 12.8. The SMILES string of the molecule is Cc1cc(N2C(=O)/C(=C/C=C3/Oc4ccsc4N3CS(=O)(=O)[O-])N(CCOCCO)C2=S)n[nH]1. The molecule has 2 aromatic rings. The molecule has 1 fully saturated rings. The van der Waals surface area contributed by atoms with Crippen LogP contribution in [0.1, 0.15) is 5.69 Å². The third-order valence-electron chi connectivity index (χ3n) is 4.76. The van der Waals surface area contributed by atoms with Gasteiger partial charge < -0.3 is 24.0 Å². The van der Waals surface area contributed by atoms with E-state index in [2.05, 4.69) is 10.2 Å². The Morgan fingerprint density at radius 3 is 2.82 bits per heavy atom. The van der Waals surface area contributed by atoms with E-state index >= 15 is 0 Å². The molecule has 15 heteroatoms. The molecular formula is C19H20N5O7S3-. The van der Waals surface area contributed by atoms with Crippen LogP contribution in [0.2, 0.25) is 0 Å². The number of carbonyl (C=O) groups excluding carboxylic acids is 1. The first-order chi connectivity index (χ1) is 16.2. The van der Waals surface area contributed by atoms with Gasteiger partial charge in [-0.25, -0.2) is 13.3 Å². The molecule has 1 amide bonds. The van der Waals surface area contributed by atoms with Gasteiger partial charge in [0.25, 0.3) is 5.91 Å². The lowest BCUT2D eigenvalue weighted by molar-refractivity contribution is -0.114. The number of aromatic amines is 1. The van der Waals surface area contributed by atoms with Crippen molar-refractivity contribution >= 4 is 55.5 Å². The van der Waals surface area contributed by atoms with Crippen LogP contribution in [-0.2, 0) is 19.6 Å². The Morgan fingerprint density at radius 2 is 2.15 bits per heavy atom. The number of hydrogen-bond acceptors (Lipinski definition) is 11. The van der Waals surface area contributed by atoms with E-state index in [4.69, 9.17) is 26.8 Å². The Morgan fingerprint density at radius 1 is 1.35 bits per heavy atom. The monoisotopic (exact) mass is 526 g/mol. The lowest BCUT2D eigenvalue weighted by Gasteiger charge is -2.20. The van der Waals surface area contributed by atoms with Crippen LogP contribution in [-0.4, -0.2) is 76.4 Å². The number of allylic oxidation sites excluding steroid dienone is 2. The summed E-state index contributed by atoms with van der Waals surface area (Å²) in [7, 11) is -4.60. The van der Waals surface area contributed by atoms with Crippen LogP contribution >= 0.6 is 23.6 Å². The van der Waals surface area contributed by atoms with Gasteiger partial charge >= 0.3 is 0 Å². The number of aryl methyl sites for hydroxylation is 1. The van der Waals surface area contributed by atoms with E-state index in [0.29, 0.717) is 16.6 Å². The summed E-state index contributed by atoms with van der Waals surface area (Å²) < 4.78 is 45.3. The Kier molecular flexibility index (Phi) is 7.01. The topological polar surface area (TPSA) is 151 Å². The number of ether oxygens (including phenoxy) is 2. The number of thiocarbonyl (C=S) groups is 1. The zero-order valence-corrected chi connectivity index (χ0v) is 20.3. The van der Waals surface area contributed by atoms with Gasteiger partial charge in [0.2, 0.25) is 5.88 Å². The lowest BCUT2D eigenvalue weighted by atomic mass is 10.3. The van der Waals surface area contributed by atoms with Gasteiger partial charge in [-0.1, -0.05) is 0 Å². The highest BCUT2D eigenvalue weighted by molar-refractivity contribution is 7.85. The second-order valence-corrected chi connectivity index (χ2v) is 9.82. The highest BCUT2D eigenvalue weighted by Crippen LogP contribution is 2.43. The fourth-order valence-corrected chi connectivity index (χ4v) is 5.20. The molecule has 0 unspecified atom stereocenters. The molecule has 0 bridgehead atoms. The van der Waals surface area contributed by atoms with Gasteiger partial charge in [-0.05, 0) is 36.7 Å². The molecule has 0 spiro atoms. The number of nitrogens with one attached hydrogen (secondary N) is 1. The predicted molar refractivity (Wildman–Crippen MR) is 126 cm³/mol. The number of rotatable bonds is 9. The average Bonchev–Trinajstić information content (AvgIpc) is 3.50. The standard InChI is InChI=1S/C19H21N5O7S3/c1-12-10-15(21-20-12)24-17(26)13(22(19(24)32)5-7-30-8-6-25)2-3-16-23(11-34(27,28)29)18-14(31-16)4-9-33-18/h2-4,9-10,25H,5-8,11H2,1H3,(H,20,21)(H,27,28,29)/p-1/b13-2-,16-3+. The summed E-state index contributed by atoms with van der Waals surface area (Å²) in [5, 5.41) is 18.2. The number of aliphatic hydroxyl groups excluding tert-OH is 1. The maximum absolute atomic E-state index is 13.3. The maximum atomic E-state index is 13.3. The van der Waals surface area contributed by atoms with Crippen LogP contribution in [0.3, 0.4) is 0 Å². The van der Waals surface area contributed by atoms with Gasteiger partial charge in [-0.15, -0.1) is 11.3 Å². The Bertz CT molecular complexity index is 1270. The van der Waals surface area contributed by atoms with Gasteiger partial charge in [-0.3, -0.25) is 14.8 Å². The van der Waals surface area contributed by atoms with Gasteiger partial charge in [-0.2, -0.15) is 5.10 Å². The molecule has 0 radical (unpaired) electrons. The van der Waals surface area contributed by atoms with E-state index in [1.165, 1.54) is 33.3 Å². The fourth-order valence-electron chi connectivity index (χ4n) is 3.35. The summed E-state index contributed by atoms with van der Waals surface area (Å²) in [5.74, 6) is -0.457. The van der Waals surface area contributed by atoms with Crippen molar-refractivity contribution in [2.75, 3.05) is 42.0 Å². The van der Waals surface area contributed by atoms with Crippen LogP contribution < -0.4 is 14.5 Å². The number of aliphatic hydroxyl groups is 1. The van der Waals surface area contributed by atoms with E-state index in [9.17, 15) is 17.8 Å². The Labute approximate surface area is 204 Å².